The third kappa shape index (κ3) is 3.49. The first-order chi connectivity index (χ1) is 12.2. The fourth-order valence-electron chi connectivity index (χ4n) is 3.23. The maximum Gasteiger partial charge on any atom is 0.229 e. The molecule has 3 heterocycles. The molecule has 1 fully saturated rings. The maximum atomic E-state index is 12.7. The molecule has 25 heavy (non-hydrogen) atoms. The molecule has 0 spiro atoms. The van der Waals surface area contributed by atoms with Crippen LogP contribution in [0.25, 0.3) is 10.3 Å². The SMILES string of the molecule is Cc1cccc(NC(=O)[C@@H]2CCCN(c3nc4cccnc4s3)C2)c1. The van der Waals surface area contributed by atoms with Gasteiger partial charge in [0.05, 0.1) is 5.92 Å². The first kappa shape index (κ1) is 16.0. The Kier molecular flexibility index (Phi) is 4.36. The van der Waals surface area contributed by atoms with Gasteiger partial charge in [0.15, 0.2) is 5.13 Å². The molecule has 0 saturated carbocycles. The molecule has 1 atom stereocenters. The molecule has 6 heteroatoms. The standard InChI is InChI=1S/C19H20N4OS/c1-13-5-2-7-15(11-13)21-17(24)14-6-4-10-23(12-14)19-22-16-8-3-9-20-18(16)25-19/h2-3,5,7-9,11,14H,4,6,10,12H2,1H3,(H,21,24)/t14-/m1/s1. The Hall–Kier alpha value is -2.47. The summed E-state index contributed by atoms with van der Waals surface area (Å²) >= 11 is 1.60. The predicted octanol–water partition coefficient (Wildman–Crippen LogP) is 3.85. The van der Waals surface area contributed by atoms with Crippen LogP contribution in [0.4, 0.5) is 10.8 Å². The van der Waals surface area contributed by atoms with E-state index in [0.29, 0.717) is 6.54 Å². The highest BCUT2D eigenvalue weighted by Gasteiger charge is 2.27. The van der Waals surface area contributed by atoms with E-state index in [2.05, 4.69) is 20.2 Å². The number of pyridine rings is 1. The number of fused-ring (bicyclic) bond motifs is 1. The minimum Gasteiger partial charge on any atom is -0.347 e. The summed E-state index contributed by atoms with van der Waals surface area (Å²) in [6, 6.07) is 11.8. The summed E-state index contributed by atoms with van der Waals surface area (Å²) in [4.78, 5) is 24.9. The van der Waals surface area contributed by atoms with Crippen LogP contribution in [0.2, 0.25) is 0 Å². The summed E-state index contributed by atoms with van der Waals surface area (Å²) in [6.07, 6.45) is 3.70. The van der Waals surface area contributed by atoms with Crippen molar-refractivity contribution >= 4 is 38.4 Å². The number of thiazole rings is 1. The molecule has 2 aromatic heterocycles. The van der Waals surface area contributed by atoms with Gasteiger partial charge in [-0.1, -0.05) is 23.5 Å². The highest BCUT2D eigenvalue weighted by atomic mass is 32.1. The fraction of sp³-hybridized carbons (Fsp3) is 0.316. The van der Waals surface area contributed by atoms with Gasteiger partial charge in [-0.05, 0) is 49.6 Å². The third-order valence-electron chi connectivity index (χ3n) is 4.50. The van der Waals surface area contributed by atoms with E-state index >= 15 is 0 Å². The second kappa shape index (κ2) is 6.80. The summed E-state index contributed by atoms with van der Waals surface area (Å²) in [5, 5.41) is 4.02. The Bertz CT molecular complexity index is 874. The number of piperidine rings is 1. The molecule has 4 rings (SSSR count). The van der Waals surface area contributed by atoms with Gasteiger partial charge < -0.3 is 10.2 Å². The number of carbonyl (C=O) groups excluding carboxylic acids is 1. The topological polar surface area (TPSA) is 58.1 Å². The number of hydrogen-bond donors (Lipinski definition) is 1. The van der Waals surface area contributed by atoms with E-state index in [1.807, 2.05) is 43.3 Å². The van der Waals surface area contributed by atoms with E-state index in [1.54, 1.807) is 17.5 Å². The van der Waals surface area contributed by atoms with Crippen molar-refractivity contribution in [1.29, 1.82) is 0 Å². The molecule has 1 saturated heterocycles. The van der Waals surface area contributed by atoms with E-state index in [4.69, 9.17) is 0 Å². The maximum absolute atomic E-state index is 12.7. The highest BCUT2D eigenvalue weighted by Crippen LogP contribution is 2.30. The molecule has 5 nitrogen and oxygen atoms in total. The lowest BCUT2D eigenvalue weighted by Gasteiger charge is -2.31. The van der Waals surface area contributed by atoms with Crippen LogP contribution < -0.4 is 10.2 Å². The third-order valence-corrected chi connectivity index (χ3v) is 5.54. The van der Waals surface area contributed by atoms with Crippen LogP contribution in [0, 0.1) is 12.8 Å². The lowest BCUT2D eigenvalue weighted by Crippen LogP contribution is -2.40. The Labute approximate surface area is 150 Å². The van der Waals surface area contributed by atoms with Gasteiger partial charge in [-0.15, -0.1) is 0 Å². The zero-order valence-electron chi connectivity index (χ0n) is 14.1. The number of anilines is 2. The van der Waals surface area contributed by atoms with Gasteiger partial charge in [-0.25, -0.2) is 9.97 Å². The number of nitrogens with zero attached hydrogens (tertiary/aromatic N) is 3. The zero-order chi connectivity index (χ0) is 17.2. The second-order valence-electron chi connectivity index (χ2n) is 6.47. The molecule has 1 amide bonds. The molecule has 1 aromatic carbocycles. The number of hydrogen-bond acceptors (Lipinski definition) is 5. The van der Waals surface area contributed by atoms with Crippen molar-refractivity contribution in [3.05, 3.63) is 48.2 Å². The van der Waals surface area contributed by atoms with Crippen LogP contribution >= 0.6 is 11.3 Å². The van der Waals surface area contributed by atoms with Crippen LogP contribution in [0.1, 0.15) is 18.4 Å². The van der Waals surface area contributed by atoms with Crippen molar-refractivity contribution in [2.75, 3.05) is 23.3 Å². The monoisotopic (exact) mass is 352 g/mol. The summed E-state index contributed by atoms with van der Waals surface area (Å²) in [7, 11) is 0. The summed E-state index contributed by atoms with van der Waals surface area (Å²) in [6.45, 7) is 3.67. The van der Waals surface area contributed by atoms with Crippen LogP contribution in [-0.2, 0) is 4.79 Å². The zero-order valence-corrected chi connectivity index (χ0v) is 14.9. The van der Waals surface area contributed by atoms with Gasteiger partial charge in [-0.2, -0.15) is 0 Å². The summed E-state index contributed by atoms with van der Waals surface area (Å²) < 4.78 is 0. The summed E-state index contributed by atoms with van der Waals surface area (Å²) in [5.41, 5.74) is 2.94. The number of aryl methyl sites for hydroxylation is 1. The Morgan fingerprint density at radius 1 is 1.32 bits per heavy atom. The average Bonchev–Trinajstić information content (AvgIpc) is 3.06. The largest absolute Gasteiger partial charge is 0.347 e. The molecule has 128 valence electrons. The van der Waals surface area contributed by atoms with Gasteiger partial charge in [0, 0.05) is 25.0 Å². The highest BCUT2D eigenvalue weighted by molar-refractivity contribution is 7.21. The van der Waals surface area contributed by atoms with Crippen molar-refractivity contribution < 1.29 is 4.79 Å². The van der Waals surface area contributed by atoms with Crippen molar-refractivity contribution in [3.63, 3.8) is 0 Å². The smallest absolute Gasteiger partial charge is 0.229 e. The van der Waals surface area contributed by atoms with Gasteiger partial charge in [0.1, 0.15) is 10.3 Å². The number of aromatic nitrogens is 2. The molecule has 0 unspecified atom stereocenters. The van der Waals surface area contributed by atoms with Crippen molar-refractivity contribution in [2.24, 2.45) is 5.92 Å². The van der Waals surface area contributed by atoms with Gasteiger partial charge in [-0.3, -0.25) is 4.79 Å². The molecular formula is C19H20N4OS. The molecule has 0 aliphatic carbocycles. The minimum atomic E-state index is -0.0192. The Morgan fingerprint density at radius 3 is 3.08 bits per heavy atom. The van der Waals surface area contributed by atoms with E-state index in [-0.39, 0.29) is 11.8 Å². The molecular weight excluding hydrogens is 332 g/mol. The number of carbonyl (C=O) groups is 1. The van der Waals surface area contributed by atoms with Crippen molar-refractivity contribution in [1.82, 2.24) is 9.97 Å². The fourth-order valence-corrected chi connectivity index (χ4v) is 4.17. The lowest BCUT2D eigenvalue weighted by atomic mass is 9.97. The summed E-state index contributed by atoms with van der Waals surface area (Å²) in [5.74, 6) is 0.0729. The van der Waals surface area contributed by atoms with Crippen LogP contribution in [0.3, 0.4) is 0 Å². The molecule has 1 aliphatic heterocycles. The van der Waals surface area contributed by atoms with Gasteiger partial charge in [0.25, 0.3) is 0 Å². The van der Waals surface area contributed by atoms with E-state index in [9.17, 15) is 4.79 Å². The first-order valence-corrected chi connectivity index (χ1v) is 9.35. The van der Waals surface area contributed by atoms with Crippen LogP contribution in [0.15, 0.2) is 42.6 Å². The molecule has 1 N–H and O–H groups in total. The lowest BCUT2D eigenvalue weighted by molar-refractivity contribution is -0.120. The van der Waals surface area contributed by atoms with E-state index in [0.717, 1.165) is 46.1 Å². The minimum absolute atomic E-state index is 0.0192. The molecule has 0 radical (unpaired) electrons. The van der Waals surface area contributed by atoms with E-state index in [1.165, 1.54) is 0 Å². The molecule has 0 bridgehead atoms. The Balaban J connectivity index is 1.47. The normalized spacial score (nSPS) is 17.6. The van der Waals surface area contributed by atoms with E-state index < -0.39 is 0 Å². The van der Waals surface area contributed by atoms with Crippen LogP contribution in [-0.4, -0.2) is 29.0 Å². The first-order valence-electron chi connectivity index (χ1n) is 8.53. The Morgan fingerprint density at radius 2 is 2.24 bits per heavy atom. The molecule has 1 aliphatic rings. The van der Waals surface area contributed by atoms with Crippen LogP contribution in [0.5, 0.6) is 0 Å². The van der Waals surface area contributed by atoms with Gasteiger partial charge in [0.2, 0.25) is 5.91 Å². The molecule has 3 aromatic rings. The number of benzene rings is 1. The number of nitrogens with one attached hydrogen (secondary N) is 1. The number of amides is 1. The predicted molar refractivity (Wildman–Crippen MR) is 102 cm³/mol. The van der Waals surface area contributed by atoms with Crippen molar-refractivity contribution in [3.8, 4) is 0 Å². The van der Waals surface area contributed by atoms with Crippen molar-refractivity contribution in [2.45, 2.75) is 19.8 Å². The number of rotatable bonds is 3. The quantitative estimate of drug-likeness (QED) is 0.778. The average molecular weight is 352 g/mol. The second-order valence-corrected chi connectivity index (χ2v) is 7.42. The van der Waals surface area contributed by atoms with Gasteiger partial charge >= 0.3 is 0 Å².